The van der Waals surface area contributed by atoms with Crippen molar-refractivity contribution in [3.63, 3.8) is 0 Å². The van der Waals surface area contributed by atoms with Crippen molar-refractivity contribution in [2.24, 2.45) is 5.92 Å². The van der Waals surface area contributed by atoms with E-state index in [0.717, 1.165) is 11.3 Å². The molecule has 1 amide bonds. The van der Waals surface area contributed by atoms with Crippen molar-refractivity contribution in [3.05, 3.63) is 125 Å². The number of benzene rings is 4. The molecule has 3 aliphatic rings. The lowest BCUT2D eigenvalue weighted by molar-refractivity contribution is -0.131. The Balaban J connectivity index is 1.47. The predicted octanol–water partition coefficient (Wildman–Crippen LogP) is 5.48. The molecule has 1 fully saturated rings. The number of rotatable bonds is 6. The van der Waals surface area contributed by atoms with Gasteiger partial charge in [0.2, 0.25) is 5.91 Å². The summed E-state index contributed by atoms with van der Waals surface area (Å²) in [7, 11) is 1.55. The maximum atomic E-state index is 14.9. The lowest BCUT2D eigenvalue weighted by Gasteiger charge is -2.37. The number of carbonyl (C=O) groups excluding carboxylic acids is 4. The Hall–Kier alpha value is -5.50. The number of methoxy groups -OCH3 is 1. The quantitative estimate of drug-likeness (QED) is 0.182. The molecule has 0 saturated carbocycles. The number of nitrogens with zero attached hydrogens (tertiary/aromatic N) is 1. The van der Waals surface area contributed by atoms with Gasteiger partial charge in [0.15, 0.2) is 11.6 Å². The van der Waals surface area contributed by atoms with Crippen LogP contribution in [0.3, 0.4) is 0 Å². The molecule has 1 spiro atoms. The maximum absolute atomic E-state index is 14.9. The number of esters is 1. The fraction of sp³-hybridized carbons (Fsp3) is 0.167. The number of amides is 1. The molecule has 3 heterocycles. The number of hydrogen-bond acceptors (Lipinski definition) is 7. The molecule has 4 aromatic carbocycles. The number of para-hydroxylation sites is 2. The van der Waals surface area contributed by atoms with Crippen LogP contribution in [0.4, 0.5) is 11.4 Å². The summed E-state index contributed by atoms with van der Waals surface area (Å²) < 4.78 is 10.5. The van der Waals surface area contributed by atoms with E-state index in [0.29, 0.717) is 33.9 Å². The maximum Gasteiger partial charge on any atom is 0.308 e. The molecule has 8 nitrogen and oxygen atoms in total. The van der Waals surface area contributed by atoms with Gasteiger partial charge in [-0.2, -0.15) is 0 Å². The summed E-state index contributed by atoms with van der Waals surface area (Å²) in [4.78, 5) is 57.5. The first-order chi connectivity index (χ1) is 21.3. The standard InChI is InChI=1S/C36H28N2O6/c1-21(39)44-26-18-13-24(14-19-26)34(41)32-31(33(40)23-11-16-25(43-2)17-12-23)36(27-8-4-5-9-28(27)37-35(36)42)30-20-15-22-7-3-6-10-29(22)38(30)32/h3-20,30-32H,1-2H3,(H,37,42)/t30-,31+,32-,36-/m1/s1. The molecule has 0 unspecified atom stereocenters. The average Bonchev–Trinajstić information content (AvgIpc) is 3.52. The number of hydrogen-bond donors (Lipinski definition) is 1. The van der Waals surface area contributed by atoms with Gasteiger partial charge in [0.05, 0.1) is 19.1 Å². The second-order valence-corrected chi connectivity index (χ2v) is 11.1. The van der Waals surface area contributed by atoms with E-state index in [1.807, 2.05) is 65.6 Å². The van der Waals surface area contributed by atoms with E-state index in [2.05, 4.69) is 5.32 Å². The van der Waals surface area contributed by atoms with E-state index in [1.165, 1.54) is 6.92 Å². The molecule has 7 rings (SSSR count). The molecular formula is C36H28N2O6. The number of nitrogens with one attached hydrogen (secondary N) is 1. The molecule has 8 heteroatoms. The van der Waals surface area contributed by atoms with Gasteiger partial charge < -0.3 is 19.7 Å². The molecule has 4 atom stereocenters. The molecule has 0 bridgehead atoms. The topological polar surface area (TPSA) is 102 Å². The Kier molecular flexibility index (Phi) is 6.43. The molecule has 0 radical (unpaired) electrons. The van der Waals surface area contributed by atoms with Crippen LogP contribution < -0.4 is 19.7 Å². The van der Waals surface area contributed by atoms with Gasteiger partial charge in [-0.15, -0.1) is 0 Å². The van der Waals surface area contributed by atoms with Gasteiger partial charge in [0, 0.05) is 29.4 Å². The highest BCUT2D eigenvalue weighted by Crippen LogP contribution is 2.58. The Labute approximate surface area is 253 Å². The Morgan fingerprint density at radius 3 is 2.14 bits per heavy atom. The molecule has 0 aromatic heterocycles. The van der Waals surface area contributed by atoms with Gasteiger partial charge in [0.1, 0.15) is 23.0 Å². The highest BCUT2D eigenvalue weighted by molar-refractivity contribution is 6.18. The Bertz CT molecular complexity index is 1860. The minimum Gasteiger partial charge on any atom is -0.497 e. The van der Waals surface area contributed by atoms with E-state index >= 15 is 0 Å². The molecule has 44 heavy (non-hydrogen) atoms. The number of anilines is 2. The van der Waals surface area contributed by atoms with Crippen LogP contribution in [-0.4, -0.2) is 42.6 Å². The predicted molar refractivity (Wildman–Crippen MR) is 165 cm³/mol. The number of ether oxygens (including phenoxy) is 2. The fourth-order valence-electron chi connectivity index (χ4n) is 7.08. The van der Waals surface area contributed by atoms with Crippen LogP contribution in [0.5, 0.6) is 11.5 Å². The van der Waals surface area contributed by atoms with Crippen LogP contribution in [0.25, 0.3) is 6.08 Å². The molecule has 1 saturated heterocycles. The van der Waals surface area contributed by atoms with E-state index in [4.69, 9.17) is 9.47 Å². The van der Waals surface area contributed by atoms with Gasteiger partial charge >= 0.3 is 5.97 Å². The highest BCUT2D eigenvalue weighted by Gasteiger charge is 2.70. The number of fused-ring (bicyclic) bond motifs is 6. The smallest absolute Gasteiger partial charge is 0.308 e. The van der Waals surface area contributed by atoms with E-state index in [1.54, 1.807) is 55.6 Å². The third-order valence-corrected chi connectivity index (χ3v) is 8.87. The lowest BCUT2D eigenvalue weighted by atomic mass is 9.64. The van der Waals surface area contributed by atoms with Gasteiger partial charge in [-0.3, -0.25) is 19.2 Å². The van der Waals surface area contributed by atoms with Crippen molar-refractivity contribution in [1.82, 2.24) is 0 Å². The zero-order valence-corrected chi connectivity index (χ0v) is 24.0. The van der Waals surface area contributed by atoms with Crippen molar-refractivity contribution in [1.29, 1.82) is 0 Å². The summed E-state index contributed by atoms with van der Waals surface area (Å²) in [6, 6.07) is 26.4. The second kappa shape index (κ2) is 10.3. The van der Waals surface area contributed by atoms with Gasteiger partial charge in [-0.1, -0.05) is 48.6 Å². The van der Waals surface area contributed by atoms with E-state index in [-0.39, 0.29) is 17.5 Å². The van der Waals surface area contributed by atoms with Crippen LogP contribution in [-0.2, 0) is 15.0 Å². The van der Waals surface area contributed by atoms with Crippen molar-refractivity contribution < 1.29 is 28.7 Å². The van der Waals surface area contributed by atoms with Gasteiger partial charge in [0.25, 0.3) is 0 Å². The van der Waals surface area contributed by atoms with Gasteiger partial charge in [-0.25, -0.2) is 0 Å². The summed E-state index contributed by atoms with van der Waals surface area (Å²) in [5.74, 6) is -1.66. The summed E-state index contributed by atoms with van der Waals surface area (Å²) in [5, 5.41) is 3.04. The normalized spacial score (nSPS) is 22.5. The molecule has 4 aromatic rings. The summed E-state index contributed by atoms with van der Waals surface area (Å²) in [6.45, 7) is 1.30. The number of Topliss-reactive ketones (excluding diaryl/α,β-unsaturated/α-hetero) is 2. The minimum atomic E-state index is -1.41. The van der Waals surface area contributed by atoms with Crippen molar-refractivity contribution >= 4 is 40.9 Å². The summed E-state index contributed by atoms with van der Waals surface area (Å²) in [6.07, 6.45) is 3.90. The largest absolute Gasteiger partial charge is 0.497 e. The Morgan fingerprint density at radius 2 is 1.43 bits per heavy atom. The highest BCUT2D eigenvalue weighted by atomic mass is 16.5. The molecule has 3 aliphatic heterocycles. The van der Waals surface area contributed by atoms with Crippen LogP contribution in [0.2, 0.25) is 0 Å². The van der Waals surface area contributed by atoms with E-state index in [9.17, 15) is 19.2 Å². The van der Waals surface area contributed by atoms with Crippen LogP contribution >= 0.6 is 0 Å². The Morgan fingerprint density at radius 1 is 0.795 bits per heavy atom. The minimum absolute atomic E-state index is 0.302. The van der Waals surface area contributed by atoms with Crippen molar-refractivity contribution in [2.45, 2.75) is 24.4 Å². The average molecular weight is 585 g/mol. The van der Waals surface area contributed by atoms with Crippen molar-refractivity contribution in [3.8, 4) is 11.5 Å². The monoisotopic (exact) mass is 584 g/mol. The summed E-state index contributed by atoms with van der Waals surface area (Å²) in [5.41, 5.74) is 2.23. The lowest BCUT2D eigenvalue weighted by Crippen LogP contribution is -2.51. The van der Waals surface area contributed by atoms with E-state index < -0.39 is 29.4 Å². The van der Waals surface area contributed by atoms with Crippen molar-refractivity contribution in [2.75, 3.05) is 17.3 Å². The zero-order chi connectivity index (χ0) is 30.6. The summed E-state index contributed by atoms with van der Waals surface area (Å²) >= 11 is 0. The van der Waals surface area contributed by atoms with Gasteiger partial charge in [-0.05, 0) is 71.8 Å². The third kappa shape index (κ3) is 3.98. The molecule has 1 N–H and O–H groups in total. The fourth-order valence-corrected chi connectivity index (χ4v) is 7.08. The zero-order valence-electron chi connectivity index (χ0n) is 24.0. The third-order valence-electron chi connectivity index (χ3n) is 8.87. The first kappa shape index (κ1) is 27.3. The second-order valence-electron chi connectivity index (χ2n) is 11.1. The first-order valence-corrected chi connectivity index (χ1v) is 14.3. The van der Waals surface area contributed by atoms with Crippen LogP contribution in [0.1, 0.15) is 38.8 Å². The molecule has 0 aliphatic carbocycles. The number of carbonyl (C=O) groups is 4. The molecule has 218 valence electrons. The SMILES string of the molecule is COc1ccc(C(=O)[C@@H]2[C@H](C(=O)c3ccc(OC(C)=O)cc3)N3c4ccccc4C=C[C@@H]3[C@@]23C(=O)Nc2ccccc23)cc1. The van der Waals surface area contributed by atoms with Crippen LogP contribution in [0.15, 0.2) is 103 Å². The number of ketones is 2. The first-order valence-electron chi connectivity index (χ1n) is 14.3. The van der Waals surface area contributed by atoms with Crippen LogP contribution in [0, 0.1) is 5.92 Å². The molecular weight excluding hydrogens is 556 g/mol.